The second kappa shape index (κ2) is 9.36. The van der Waals surface area contributed by atoms with Crippen molar-refractivity contribution in [3.05, 3.63) is 47.1 Å². The van der Waals surface area contributed by atoms with Gasteiger partial charge in [-0.15, -0.1) is 0 Å². The van der Waals surface area contributed by atoms with Gasteiger partial charge in [0.05, 0.1) is 20.3 Å². The number of fused-ring (bicyclic) bond motifs is 1. The van der Waals surface area contributed by atoms with Gasteiger partial charge < -0.3 is 14.2 Å². The van der Waals surface area contributed by atoms with E-state index >= 15 is 0 Å². The fourth-order valence-electron chi connectivity index (χ4n) is 5.40. The Kier molecular flexibility index (Phi) is 6.61. The molecule has 1 saturated heterocycles. The largest absolute Gasteiger partial charge is 0.493 e. The van der Waals surface area contributed by atoms with Crippen molar-refractivity contribution in [2.24, 2.45) is 11.8 Å². The van der Waals surface area contributed by atoms with E-state index in [0.29, 0.717) is 5.92 Å². The number of hydrogen-bond donors (Lipinski definition) is 0. The molecule has 4 heteroatoms. The number of allylic oxidation sites excluding steroid dienone is 2. The van der Waals surface area contributed by atoms with E-state index in [2.05, 4.69) is 35.3 Å². The van der Waals surface area contributed by atoms with Gasteiger partial charge in [-0.1, -0.05) is 18.2 Å². The Morgan fingerprint density at radius 2 is 1.76 bits per heavy atom. The van der Waals surface area contributed by atoms with Crippen LogP contribution < -0.4 is 9.47 Å². The van der Waals surface area contributed by atoms with E-state index in [1.807, 2.05) is 7.11 Å². The number of likely N-dealkylation sites (tertiary alicyclic amines) is 1. The van der Waals surface area contributed by atoms with Crippen molar-refractivity contribution in [2.45, 2.75) is 44.6 Å². The summed E-state index contributed by atoms with van der Waals surface area (Å²) in [7, 11) is 5.25. The molecule has 29 heavy (non-hydrogen) atoms. The van der Waals surface area contributed by atoms with Crippen molar-refractivity contribution in [1.29, 1.82) is 0 Å². The van der Waals surface area contributed by atoms with Gasteiger partial charge in [-0.2, -0.15) is 0 Å². The van der Waals surface area contributed by atoms with Crippen molar-refractivity contribution in [1.82, 2.24) is 4.90 Å². The average molecular weight is 398 g/mol. The summed E-state index contributed by atoms with van der Waals surface area (Å²) >= 11 is 0. The zero-order valence-corrected chi connectivity index (χ0v) is 18.2. The SMILES string of the molecule is COc1cc2c(cc1OC)C(OC)C(CC1CCN(CC3=CCCC=C3)CC1)C2. The van der Waals surface area contributed by atoms with Crippen molar-refractivity contribution in [3.8, 4) is 11.5 Å². The number of benzene rings is 1. The van der Waals surface area contributed by atoms with Crippen LogP contribution >= 0.6 is 0 Å². The van der Waals surface area contributed by atoms with Gasteiger partial charge in [0.25, 0.3) is 0 Å². The first-order chi connectivity index (χ1) is 14.2. The Labute approximate surface area is 175 Å². The summed E-state index contributed by atoms with van der Waals surface area (Å²) in [6, 6.07) is 4.27. The predicted molar refractivity (Wildman–Crippen MR) is 117 cm³/mol. The lowest BCUT2D eigenvalue weighted by atomic mass is 9.84. The Morgan fingerprint density at radius 3 is 2.41 bits per heavy atom. The topological polar surface area (TPSA) is 30.9 Å². The van der Waals surface area contributed by atoms with Crippen molar-refractivity contribution < 1.29 is 14.2 Å². The number of piperidine rings is 1. The highest BCUT2D eigenvalue weighted by Gasteiger charge is 2.36. The molecule has 1 aromatic carbocycles. The summed E-state index contributed by atoms with van der Waals surface area (Å²) in [6.07, 6.45) is 14.5. The minimum Gasteiger partial charge on any atom is -0.493 e. The summed E-state index contributed by atoms with van der Waals surface area (Å²) in [6.45, 7) is 3.56. The minimum absolute atomic E-state index is 0.167. The van der Waals surface area contributed by atoms with Crippen LogP contribution in [-0.4, -0.2) is 45.9 Å². The molecule has 1 aliphatic heterocycles. The fraction of sp³-hybridized carbons (Fsp3) is 0.600. The highest BCUT2D eigenvalue weighted by Crippen LogP contribution is 2.46. The maximum Gasteiger partial charge on any atom is 0.161 e. The van der Waals surface area contributed by atoms with Gasteiger partial charge in [-0.25, -0.2) is 0 Å². The molecule has 0 saturated carbocycles. The molecule has 0 aromatic heterocycles. The molecule has 2 aliphatic carbocycles. The fourth-order valence-corrected chi connectivity index (χ4v) is 5.40. The molecule has 0 amide bonds. The van der Waals surface area contributed by atoms with Gasteiger partial charge in [0.15, 0.2) is 11.5 Å². The molecule has 0 N–H and O–H groups in total. The predicted octanol–water partition coefficient (Wildman–Crippen LogP) is 4.94. The van der Waals surface area contributed by atoms with Crippen LogP contribution in [0.3, 0.4) is 0 Å². The van der Waals surface area contributed by atoms with E-state index < -0.39 is 0 Å². The zero-order valence-electron chi connectivity index (χ0n) is 18.2. The lowest BCUT2D eigenvalue weighted by molar-refractivity contribution is 0.0460. The second-order valence-corrected chi connectivity index (χ2v) is 8.74. The summed E-state index contributed by atoms with van der Waals surface area (Å²) in [4.78, 5) is 2.63. The number of rotatable bonds is 7. The van der Waals surface area contributed by atoms with Crippen LogP contribution in [0.1, 0.15) is 49.3 Å². The minimum atomic E-state index is 0.167. The van der Waals surface area contributed by atoms with E-state index in [9.17, 15) is 0 Å². The Balaban J connectivity index is 1.35. The number of methoxy groups -OCH3 is 3. The zero-order chi connectivity index (χ0) is 20.2. The van der Waals surface area contributed by atoms with Crippen LogP contribution in [0.2, 0.25) is 0 Å². The third-order valence-corrected chi connectivity index (χ3v) is 6.94. The lowest BCUT2D eigenvalue weighted by Gasteiger charge is -2.34. The summed E-state index contributed by atoms with van der Waals surface area (Å²) in [5.41, 5.74) is 4.14. The quantitative estimate of drug-likeness (QED) is 0.652. The normalized spacial score (nSPS) is 25.0. The molecule has 4 nitrogen and oxygen atoms in total. The van der Waals surface area contributed by atoms with Gasteiger partial charge in [-0.3, -0.25) is 4.90 Å². The molecule has 1 fully saturated rings. The standard InChI is InChI=1S/C25H35NO3/c1-27-23-15-20-14-21(25(29-3)22(20)16-24(23)28-2)13-18-9-11-26(12-10-18)17-19-7-5-4-6-8-19/h5,7-8,15-16,18,21,25H,4,6,9-14,17H2,1-3H3. The van der Waals surface area contributed by atoms with Crippen LogP contribution in [0.25, 0.3) is 0 Å². The van der Waals surface area contributed by atoms with Crippen LogP contribution in [0.15, 0.2) is 35.9 Å². The molecule has 0 spiro atoms. The maximum atomic E-state index is 5.96. The lowest BCUT2D eigenvalue weighted by Crippen LogP contribution is -2.35. The summed E-state index contributed by atoms with van der Waals surface area (Å²) in [5.74, 6) is 2.96. The Hall–Kier alpha value is -1.78. The first kappa shape index (κ1) is 20.5. The first-order valence-corrected chi connectivity index (χ1v) is 11.1. The van der Waals surface area contributed by atoms with E-state index in [-0.39, 0.29) is 6.10 Å². The third-order valence-electron chi connectivity index (χ3n) is 6.94. The van der Waals surface area contributed by atoms with E-state index in [0.717, 1.165) is 30.4 Å². The number of ether oxygens (including phenoxy) is 3. The van der Waals surface area contributed by atoms with Crippen molar-refractivity contribution in [3.63, 3.8) is 0 Å². The highest BCUT2D eigenvalue weighted by atomic mass is 16.5. The van der Waals surface area contributed by atoms with Gasteiger partial charge in [-0.05, 0) is 92.3 Å². The number of hydrogen-bond acceptors (Lipinski definition) is 4. The van der Waals surface area contributed by atoms with Crippen molar-refractivity contribution >= 4 is 0 Å². The van der Waals surface area contributed by atoms with E-state index in [4.69, 9.17) is 14.2 Å². The van der Waals surface area contributed by atoms with Gasteiger partial charge in [0.1, 0.15) is 0 Å². The smallest absolute Gasteiger partial charge is 0.161 e. The molecule has 1 heterocycles. The molecule has 2 unspecified atom stereocenters. The molecular weight excluding hydrogens is 362 g/mol. The van der Waals surface area contributed by atoms with Gasteiger partial charge >= 0.3 is 0 Å². The van der Waals surface area contributed by atoms with Gasteiger partial charge in [0, 0.05) is 13.7 Å². The Morgan fingerprint density at radius 1 is 1.00 bits per heavy atom. The maximum absolute atomic E-state index is 5.96. The van der Waals surface area contributed by atoms with Crippen LogP contribution in [0.5, 0.6) is 11.5 Å². The molecule has 0 radical (unpaired) electrons. The highest BCUT2D eigenvalue weighted by molar-refractivity contribution is 5.50. The van der Waals surface area contributed by atoms with Crippen LogP contribution in [-0.2, 0) is 11.2 Å². The van der Waals surface area contributed by atoms with E-state index in [1.165, 1.54) is 61.9 Å². The molecular formula is C25H35NO3. The molecule has 0 bridgehead atoms. The van der Waals surface area contributed by atoms with Crippen LogP contribution in [0, 0.1) is 11.8 Å². The first-order valence-electron chi connectivity index (χ1n) is 11.1. The molecule has 158 valence electrons. The van der Waals surface area contributed by atoms with Gasteiger partial charge in [0.2, 0.25) is 0 Å². The summed E-state index contributed by atoms with van der Waals surface area (Å²) < 4.78 is 17.0. The monoisotopic (exact) mass is 397 g/mol. The number of nitrogens with zero attached hydrogens (tertiary/aromatic N) is 1. The van der Waals surface area contributed by atoms with Crippen molar-refractivity contribution in [2.75, 3.05) is 41.0 Å². The average Bonchev–Trinajstić information content (AvgIpc) is 3.10. The third kappa shape index (κ3) is 4.54. The van der Waals surface area contributed by atoms with Crippen LogP contribution in [0.4, 0.5) is 0 Å². The van der Waals surface area contributed by atoms with E-state index in [1.54, 1.807) is 14.2 Å². The molecule has 4 rings (SSSR count). The summed E-state index contributed by atoms with van der Waals surface area (Å²) in [5, 5.41) is 0. The molecule has 1 aromatic rings. The molecule has 2 atom stereocenters. The molecule has 3 aliphatic rings. The second-order valence-electron chi connectivity index (χ2n) is 8.74. The Bertz CT molecular complexity index is 762.